The number of rotatable bonds is 5. The van der Waals surface area contributed by atoms with Crippen molar-refractivity contribution in [2.75, 3.05) is 6.61 Å². The first-order valence-corrected chi connectivity index (χ1v) is 9.24. The van der Waals surface area contributed by atoms with Gasteiger partial charge < -0.3 is 4.74 Å². The Balaban J connectivity index is 2.17. The van der Waals surface area contributed by atoms with Gasteiger partial charge in [-0.05, 0) is 42.9 Å². The van der Waals surface area contributed by atoms with Gasteiger partial charge in [-0.25, -0.2) is 0 Å². The van der Waals surface area contributed by atoms with Crippen molar-refractivity contribution in [3.05, 3.63) is 70.8 Å². The Hall–Kier alpha value is -1.60. The normalized spacial score (nSPS) is 13.1. The number of ether oxygens (including phenoxy) is 1. The van der Waals surface area contributed by atoms with Crippen LogP contribution in [0, 0.1) is 6.92 Å². The third-order valence-corrected chi connectivity index (χ3v) is 5.05. The zero-order valence-electron chi connectivity index (χ0n) is 17.2. The lowest BCUT2D eigenvalue weighted by molar-refractivity contribution is -0.0423. The van der Waals surface area contributed by atoms with Gasteiger partial charge in [-0.1, -0.05) is 88.7 Å². The Labute approximate surface area is 154 Å². The first kappa shape index (κ1) is 19.7. The number of hydrogen-bond acceptors (Lipinski definition) is 1. The summed E-state index contributed by atoms with van der Waals surface area (Å²) in [6, 6.07) is 17.6. The highest BCUT2D eigenvalue weighted by atomic mass is 16.5. The molecule has 0 aliphatic rings. The third-order valence-electron chi connectivity index (χ3n) is 5.05. The molecule has 0 amide bonds. The van der Waals surface area contributed by atoms with E-state index in [1.807, 2.05) is 0 Å². The zero-order valence-corrected chi connectivity index (χ0v) is 17.2. The highest BCUT2D eigenvalue weighted by Gasteiger charge is 2.28. The maximum Gasteiger partial charge on any atom is 0.0875 e. The van der Waals surface area contributed by atoms with E-state index in [2.05, 4.69) is 104 Å². The molecule has 0 fully saturated rings. The van der Waals surface area contributed by atoms with Gasteiger partial charge in [0, 0.05) is 5.41 Å². The molecule has 2 rings (SSSR count). The minimum Gasteiger partial charge on any atom is -0.370 e. The first-order valence-electron chi connectivity index (χ1n) is 9.24. The van der Waals surface area contributed by atoms with Gasteiger partial charge >= 0.3 is 0 Å². The van der Waals surface area contributed by atoms with Crippen LogP contribution in [0.1, 0.15) is 70.7 Å². The van der Waals surface area contributed by atoms with Crippen LogP contribution in [0.3, 0.4) is 0 Å². The van der Waals surface area contributed by atoms with E-state index in [-0.39, 0.29) is 16.4 Å². The van der Waals surface area contributed by atoms with Crippen molar-refractivity contribution >= 4 is 0 Å². The molecule has 0 aromatic heterocycles. The minimum atomic E-state index is -0.299. The zero-order chi connectivity index (χ0) is 18.9. The van der Waals surface area contributed by atoms with Gasteiger partial charge in [-0.3, -0.25) is 0 Å². The summed E-state index contributed by atoms with van der Waals surface area (Å²) in [5.41, 5.74) is 5.02. The van der Waals surface area contributed by atoms with E-state index in [0.29, 0.717) is 6.61 Å². The van der Waals surface area contributed by atoms with Gasteiger partial charge in [0.1, 0.15) is 0 Å². The lowest BCUT2D eigenvalue weighted by Crippen LogP contribution is -2.32. The predicted molar refractivity (Wildman–Crippen MR) is 108 cm³/mol. The standard InChI is InChI=1S/C24H34O/c1-18-12-14-19(15-13-18)24(7,8)25-17-23(5,6)21-11-9-10-20(16-21)22(2,3)4/h9-16H,17H2,1-8H3. The second-order valence-electron chi connectivity index (χ2n) is 9.38. The van der Waals surface area contributed by atoms with Crippen LogP contribution in [-0.2, 0) is 21.2 Å². The third kappa shape index (κ3) is 4.95. The van der Waals surface area contributed by atoms with E-state index in [1.165, 1.54) is 22.3 Å². The second kappa shape index (κ2) is 6.96. The van der Waals surface area contributed by atoms with E-state index >= 15 is 0 Å². The Morgan fingerprint density at radius 2 is 1.28 bits per heavy atom. The van der Waals surface area contributed by atoms with Crippen molar-refractivity contribution in [3.8, 4) is 0 Å². The Bertz CT molecular complexity index is 700. The molecule has 136 valence electrons. The maximum atomic E-state index is 6.40. The molecule has 0 N–H and O–H groups in total. The van der Waals surface area contributed by atoms with E-state index in [9.17, 15) is 0 Å². The SMILES string of the molecule is Cc1ccc(C(C)(C)OCC(C)(C)c2cccc(C(C)(C)C)c2)cc1. The quantitative estimate of drug-likeness (QED) is 0.603. The molecule has 1 heteroatoms. The highest BCUT2D eigenvalue weighted by Crippen LogP contribution is 2.32. The van der Waals surface area contributed by atoms with Crippen LogP contribution < -0.4 is 0 Å². The Kier molecular flexibility index (Phi) is 5.49. The molecule has 2 aromatic carbocycles. The molecule has 0 unspecified atom stereocenters. The van der Waals surface area contributed by atoms with Crippen LogP contribution in [-0.4, -0.2) is 6.61 Å². The van der Waals surface area contributed by atoms with E-state index < -0.39 is 0 Å². The van der Waals surface area contributed by atoms with Crippen molar-refractivity contribution in [2.45, 2.75) is 71.8 Å². The summed E-state index contributed by atoms with van der Waals surface area (Å²) in [6.45, 7) is 18.4. The van der Waals surface area contributed by atoms with Crippen LogP contribution in [0.2, 0.25) is 0 Å². The molecule has 0 aliphatic heterocycles. The summed E-state index contributed by atoms with van der Waals surface area (Å²) in [4.78, 5) is 0. The Morgan fingerprint density at radius 3 is 1.84 bits per heavy atom. The maximum absolute atomic E-state index is 6.40. The van der Waals surface area contributed by atoms with Gasteiger partial charge in [0.05, 0.1) is 12.2 Å². The van der Waals surface area contributed by atoms with Crippen molar-refractivity contribution in [1.29, 1.82) is 0 Å². The minimum absolute atomic E-state index is 0.0385. The van der Waals surface area contributed by atoms with Crippen LogP contribution in [0.4, 0.5) is 0 Å². The van der Waals surface area contributed by atoms with E-state index in [0.717, 1.165) is 0 Å². The molecule has 0 saturated heterocycles. The fraction of sp³-hybridized carbons (Fsp3) is 0.500. The van der Waals surface area contributed by atoms with E-state index in [4.69, 9.17) is 4.74 Å². The van der Waals surface area contributed by atoms with Crippen LogP contribution >= 0.6 is 0 Å². The number of aryl methyl sites for hydroxylation is 1. The molecule has 0 saturated carbocycles. The summed E-state index contributed by atoms with van der Waals surface area (Å²) in [6.07, 6.45) is 0. The molecule has 2 aromatic rings. The molecule has 0 atom stereocenters. The fourth-order valence-corrected chi connectivity index (χ4v) is 2.89. The lowest BCUT2D eigenvalue weighted by Gasteiger charge is -2.33. The molecule has 25 heavy (non-hydrogen) atoms. The first-order chi connectivity index (χ1) is 11.4. The van der Waals surface area contributed by atoms with Crippen molar-refractivity contribution in [2.24, 2.45) is 0 Å². The van der Waals surface area contributed by atoms with Gasteiger partial charge in [0.25, 0.3) is 0 Å². The Morgan fingerprint density at radius 1 is 0.720 bits per heavy atom. The van der Waals surface area contributed by atoms with Crippen LogP contribution in [0.25, 0.3) is 0 Å². The molecule has 0 radical (unpaired) electrons. The topological polar surface area (TPSA) is 9.23 Å². The molecular formula is C24H34O. The smallest absolute Gasteiger partial charge is 0.0875 e. The van der Waals surface area contributed by atoms with Gasteiger partial charge in [0.15, 0.2) is 0 Å². The van der Waals surface area contributed by atoms with Gasteiger partial charge in [0.2, 0.25) is 0 Å². The van der Waals surface area contributed by atoms with Crippen molar-refractivity contribution < 1.29 is 4.74 Å². The predicted octanol–water partition coefficient (Wildman–Crippen LogP) is 6.52. The summed E-state index contributed by atoms with van der Waals surface area (Å²) in [7, 11) is 0. The number of hydrogen-bond donors (Lipinski definition) is 0. The van der Waals surface area contributed by atoms with Gasteiger partial charge in [-0.2, -0.15) is 0 Å². The fourth-order valence-electron chi connectivity index (χ4n) is 2.89. The monoisotopic (exact) mass is 338 g/mol. The summed E-state index contributed by atoms with van der Waals surface area (Å²) < 4.78 is 6.40. The van der Waals surface area contributed by atoms with Crippen LogP contribution in [0.5, 0.6) is 0 Å². The second-order valence-corrected chi connectivity index (χ2v) is 9.38. The molecule has 1 nitrogen and oxygen atoms in total. The summed E-state index contributed by atoms with van der Waals surface area (Å²) in [5, 5.41) is 0. The van der Waals surface area contributed by atoms with Crippen molar-refractivity contribution in [1.82, 2.24) is 0 Å². The molecule has 0 aliphatic carbocycles. The summed E-state index contributed by atoms with van der Waals surface area (Å²) in [5.74, 6) is 0. The molecular weight excluding hydrogens is 304 g/mol. The molecule has 0 spiro atoms. The van der Waals surface area contributed by atoms with Crippen LogP contribution in [0.15, 0.2) is 48.5 Å². The number of benzene rings is 2. The lowest BCUT2D eigenvalue weighted by atomic mass is 9.80. The van der Waals surface area contributed by atoms with Gasteiger partial charge in [-0.15, -0.1) is 0 Å². The summed E-state index contributed by atoms with van der Waals surface area (Å²) >= 11 is 0. The highest BCUT2D eigenvalue weighted by molar-refractivity contribution is 5.33. The van der Waals surface area contributed by atoms with Crippen molar-refractivity contribution in [3.63, 3.8) is 0 Å². The average Bonchev–Trinajstić information content (AvgIpc) is 2.53. The largest absolute Gasteiger partial charge is 0.370 e. The molecule has 0 bridgehead atoms. The van der Waals surface area contributed by atoms with E-state index in [1.54, 1.807) is 0 Å². The average molecular weight is 339 g/mol. The molecule has 0 heterocycles.